The van der Waals surface area contributed by atoms with Crippen LogP contribution in [-0.2, 0) is 6.42 Å². The summed E-state index contributed by atoms with van der Waals surface area (Å²) in [5.41, 5.74) is 2.26. The number of rotatable bonds is 4. The number of benzene rings is 1. The van der Waals surface area contributed by atoms with Gasteiger partial charge in [0.15, 0.2) is 0 Å². The molecule has 0 fully saturated rings. The maximum absolute atomic E-state index is 12.0. The van der Waals surface area contributed by atoms with E-state index in [4.69, 9.17) is 4.42 Å². The van der Waals surface area contributed by atoms with Gasteiger partial charge in [-0.1, -0.05) is 0 Å². The smallest absolute Gasteiger partial charge is 0.251 e. The highest BCUT2D eigenvalue weighted by atomic mass is 16.3. The van der Waals surface area contributed by atoms with Crippen LogP contribution in [-0.4, -0.2) is 22.4 Å². The van der Waals surface area contributed by atoms with Crippen molar-refractivity contribution < 1.29 is 9.21 Å². The molecular weight excluding hydrogens is 254 g/mol. The van der Waals surface area contributed by atoms with Crippen molar-refractivity contribution in [1.29, 1.82) is 0 Å². The molecule has 100 valence electrons. The Bertz CT molecular complexity index is 722. The number of hydrogen-bond acceptors (Lipinski definition) is 4. The first-order valence-corrected chi connectivity index (χ1v) is 6.33. The Morgan fingerprint density at radius 2 is 2.20 bits per heavy atom. The van der Waals surface area contributed by atoms with Crippen molar-refractivity contribution in [3.8, 4) is 0 Å². The molecule has 2 aromatic heterocycles. The van der Waals surface area contributed by atoms with Gasteiger partial charge >= 0.3 is 0 Å². The van der Waals surface area contributed by atoms with E-state index in [1.54, 1.807) is 37.0 Å². The molecule has 5 nitrogen and oxygen atoms in total. The minimum absolute atomic E-state index is 0.100. The van der Waals surface area contributed by atoms with Crippen LogP contribution in [0.2, 0.25) is 0 Å². The van der Waals surface area contributed by atoms with Gasteiger partial charge in [0.1, 0.15) is 5.58 Å². The lowest BCUT2D eigenvalue weighted by atomic mass is 10.1. The van der Waals surface area contributed by atoms with Crippen LogP contribution in [0.1, 0.15) is 16.1 Å². The summed E-state index contributed by atoms with van der Waals surface area (Å²) in [4.78, 5) is 20.2. The Morgan fingerprint density at radius 3 is 3.05 bits per heavy atom. The van der Waals surface area contributed by atoms with E-state index in [2.05, 4.69) is 15.3 Å². The summed E-state index contributed by atoms with van der Waals surface area (Å²) in [5.74, 6) is -0.100. The SMILES string of the molecule is O=C(NCCc1cnccn1)c1ccc2occc2c1. The fraction of sp³-hybridized carbons (Fsp3) is 0.133. The van der Waals surface area contributed by atoms with Gasteiger partial charge in [-0.15, -0.1) is 0 Å². The fourth-order valence-corrected chi connectivity index (χ4v) is 1.97. The molecule has 0 bridgehead atoms. The Hall–Kier alpha value is -2.69. The number of furan rings is 1. The summed E-state index contributed by atoms with van der Waals surface area (Å²) >= 11 is 0. The third-order valence-electron chi connectivity index (χ3n) is 3.00. The van der Waals surface area contributed by atoms with Gasteiger partial charge in [-0.3, -0.25) is 14.8 Å². The van der Waals surface area contributed by atoms with E-state index < -0.39 is 0 Å². The molecular formula is C15H13N3O2. The summed E-state index contributed by atoms with van der Waals surface area (Å²) in [6, 6.07) is 7.21. The zero-order valence-corrected chi connectivity index (χ0v) is 10.7. The van der Waals surface area contributed by atoms with Gasteiger partial charge in [-0.05, 0) is 24.3 Å². The number of nitrogens with one attached hydrogen (secondary N) is 1. The Labute approximate surface area is 115 Å². The van der Waals surface area contributed by atoms with Crippen LogP contribution in [0, 0.1) is 0 Å². The van der Waals surface area contributed by atoms with Crippen LogP contribution < -0.4 is 5.32 Å². The van der Waals surface area contributed by atoms with Crippen molar-refractivity contribution in [2.75, 3.05) is 6.54 Å². The monoisotopic (exact) mass is 267 g/mol. The second-order valence-corrected chi connectivity index (χ2v) is 4.38. The highest BCUT2D eigenvalue weighted by molar-refractivity contribution is 5.97. The van der Waals surface area contributed by atoms with Crippen molar-refractivity contribution in [1.82, 2.24) is 15.3 Å². The summed E-state index contributed by atoms with van der Waals surface area (Å²) in [6.45, 7) is 0.529. The summed E-state index contributed by atoms with van der Waals surface area (Å²) < 4.78 is 5.24. The summed E-state index contributed by atoms with van der Waals surface area (Å²) in [6.07, 6.45) is 7.24. The van der Waals surface area contributed by atoms with Gasteiger partial charge in [0.25, 0.3) is 5.91 Å². The molecule has 0 aliphatic carbocycles. The number of hydrogen-bond donors (Lipinski definition) is 1. The van der Waals surface area contributed by atoms with Gasteiger partial charge < -0.3 is 9.73 Å². The van der Waals surface area contributed by atoms with E-state index in [1.807, 2.05) is 12.1 Å². The van der Waals surface area contributed by atoms with Crippen LogP contribution in [0.3, 0.4) is 0 Å². The molecule has 0 radical (unpaired) electrons. The molecule has 0 unspecified atom stereocenters. The lowest BCUT2D eigenvalue weighted by molar-refractivity contribution is 0.0954. The van der Waals surface area contributed by atoms with Crippen LogP contribution in [0.15, 0.2) is 53.5 Å². The Morgan fingerprint density at radius 1 is 1.25 bits per heavy atom. The third-order valence-corrected chi connectivity index (χ3v) is 3.00. The van der Waals surface area contributed by atoms with Crippen molar-refractivity contribution in [3.05, 3.63) is 60.4 Å². The number of aromatic nitrogens is 2. The molecule has 3 rings (SSSR count). The minimum atomic E-state index is -0.100. The molecule has 1 amide bonds. The molecule has 20 heavy (non-hydrogen) atoms. The highest BCUT2D eigenvalue weighted by Crippen LogP contribution is 2.16. The number of carbonyl (C=O) groups is 1. The molecule has 0 saturated carbocycles. The molecule has 5 heteroatoms. The molecule has 1 aromatic carbocycles. The number of carbonyl (C=O) groups excluding carboxylic acids is 1. The van der Waals surface area contributed by atoms with E-state index in [-0.39, 0.29) is 5.91 Å². The van der Waals surface area contributed by atoms with Gasteiger partial charge in [0.2, 0.25) is 0 Å². The number of amides is 1. The maximum Gasteiger partial charge on any atom is 0.251 e. The average molecular weight is 267 g/mol. The molecule has 0 aliphatic heterocycles. The Balaban J connectivity index is 1.61. The molecule has 0 aliphatic rings. The zero-order valence-electron chi connectivity index (χ0n) is 10.7. The second-order valence-electron chi connectivity index (χ2n) is 4.38. The maximum atomic E-state index is 12.0. The van der Waals surface area contributed by atoms with Gasteiger partial charge in [-0.2, -0.15) is 0 Å². The lowest BCUT2D eigenvalue weighted by Gasteiger charge is -2.04. The van der Waals surface area contributed by atoms with Crippen LogP contribution in [0.25, 0.3) is 11.0 Å². The normalized spacial score (nSPS) is 10.6. The highest BCUT2D eigenvalue weighted by Gasteiger charge is 2.07. The first-order chi connectivity index (χ1) is 9.83. The van der Waals surface area contributed by atoms with Crippen molar-refractivity contribution >= 4 is 16.9 Å². The summed E-state index contributed by atoms with van der Waals surface area (Å²) in [7, 11) is 0. The zero-order chi connectivity index (χ0) is 13.8. The molecule has 0 saturated heterocycles. The number of fused-ring (bicyclic) bond motifs is 1. The molecule has 1 N–H and O–H groups in total. The fourth-order valence-electron chi connectivity index (χ4n) is 1.97. The first-order valence-electron chi connectivity index (χ1n) is 6.33. The standard InChI is InChI=1S/C15H13N3O2/c19-15(18-5-3-13-10-16-6-7-17-13)12-1-2-14-11(9-12)4-8-20-14/h1-2,4,6-10H,3,5H2,(H,18,19). The van der Waals surface area contributed by atoms with Gasteiger partial charge in [0.05, 0.1) is 12.0 Å². The minimum Gasteiger partial charge on any atom is -0.464 e. The van der Waals surface area contributed by atoms with Crippen LogP contribution in [0.5, 0.6) is 0 Å². The molecule has 0 atom stereocenters. The molecule has 2 heterocycles. The van der Waals surface area contributed by atoms with Crippen molar-refractivity contribution in [3.63, 3.8) is 0 Å². The third kappa shape index (κ3) is 2.66. The average Bonchev–Trinajstić information content (AvgIpc) is 2.95. The van der Waals surface area contributed by atoms with Crippen LogP contribution in [0.4, 0.5) is 0 Å². The first kappa shape index (κ1) is 12.3. The van der Waals surface area contributed by atoms with Crippen molar-refractivity contribution in [2.45, 2.75) is 6.42 Å². The second kappa shape index (κ2) is 5.52. The quantitative estimate of drug-likeness (QED) is 0.786. The van der Waals surface area contributed by atoms with E-state index in [0.29, 0.717) is 18.5 Å². The predicted molar refractivity (Wildman–Crippen MR) is 74.3 cm³/mol. The van der Waals surface area contributed by atoms with E-state index >= 15 is 0 Å². The van der Waals surface area contributed by atoms with Gasteiger partial charge in [-0.25, -0.2) is 0 Å². The van der Waals surface area contributed by atoms with Gasteiger partial charge in [0, 0.05) is 42.5 Å². The lowest BCUT2D eigenvalue weighted by Crippen LogP contribution is -2.25. The van der Waals surface area contributed by atoms with Crippen molar-refractivity contribution in [2.24, 2.45) is 0 Å². The summed E-state index contributed by atoms with van der Waals surface area (Å²) in [5, 5.41) is 3.79. The topological polar surface area (TPSA) is 68.0 Å². The number of nitrogens with zero attached hydrogens (tertiary/aromatic N) is 2. The van der Waals surface area contributed by atoms with E-state index in [0.717, 1.165) is 16.7 Å². The van der Waals surface area contributed by atoms with Crippen LogP contribution >= 0.6 is 0 Å². The van der Waals surface area contributed by atoms with E-state index in [9.17, 15) is 4.79 Å². The largest absolute Gasteiger partial charge is 0.464 e. The van der Waals surface area contributed by atoms with E-state index in [1.165, 1.54) is 0 Å². The molecule has 0 spiro atoms. The Kier molecular flexibility index (Phi) is 3.41. The predicted octanol–water partition coefficient (Wildman–Crippen LogP) is 2.20. The molecule has 3 aromatic rings.